The average Bonchev–Trinajstić information content (AvgIpc) is 3.73. The molecule has 16 heteroatoms. The quantitative estimate of drug-likeness (QED) is 0.134. The molecule has 5 amide bonds. The van der Waals surface area contributed by atoms with Crippen LogP contribution in [0.15, 0.2) is 48.7 Å². The largest absolute Gasteiger partial charge is 0.444 e. The standard InChI is InChI=1S/C50H79N7O9/c1-16-32(6)43(38(63-14)28-40(58)56-26-20-23-37(56)44(64-15)33(7)47(60)57-34(8)45(66-57)36-21-18-17-19-22-36)55(13)48(61)41(30(2)3)53-46(59)42(31(4)5)54(12)29-35-24-25-51-39(27-35)52-49(62)65-50(9,10)11/h17-19,21-22,24-25,27,30-34,37-38,41-45H,16,20,23,26,28-29H2,1-15H3,(H,53,59)(H,51,52,62)/t32-,33+,34+,37-,38+,41-,42-,43-,44+,45+/m0/s1. The maximum atomic E-state index is 14.7. The molecule has 1 aromatic heterocycles. The van der Waals surface area contributed by atoms with E-state index in [4.69, 9.17) is 19.0 Å². The molecule has 0 unspecified atom stereocenters. The van der Waals surface area contributed by atoms with Gasteiger partial charge in [-0.3, -0.25) is 34.2 Å². The molecule has 2 fully saturated rings. The van der Waals surface area contributed by atoms with Gasteiger partial charge in [0, 0.05) is 40.6 Å². The summed E-state index contributed by atoms with van der Waals surface area (Å²) in [5, 5.41) is 7.21. The fourth-order valence-corrected chi connectivity index (χ4v) is 9.52. The number of nitrogens with zero attached hydrogens (tertiary/aromatic N) is 5. The second kappa shape index (κ2) is 23.9. The summed E-state index contributed by atoms with van der Waals surface area (Å²) < 4.78 is 17.5. The summed E-state index contributed by atoms with van der Waals surface area (Å²) >= 11 is 0. The number of amides is 5. The summed E-state index contributed by atoms with van der Waals surface area (Å²) in [6.45, 7) is 21.8. The predicted octanol–water partition coefficient (Wildman–Crippen LogP) is 6.85. The van der Waals surface area contributed by atoms with Gasteiger partial charge in [0.2, 0.25) is 17.7 Å². The summed E-state index contributed by atoms with van der Waals surface area (Å²) in [7, 11) is 6.72. The summed E-state index contributed by atoms with van der Waals surface area (Å²) in [6, 6.07) is 10.9. The number of methoxy groups -OCH3 is 2. The van der Waals surface area contributed by atoms with Crippen LogP contribution in [0.25, 0.3) is 0 Å². The van der Waals surface area contributed by atoms with E-state index >= 15 is 0 Å². The molecule has 2 aromatic rings. The van der Waals surface area contributed by atoms with Crippen molar-refractivity contribution in [3.63, 3.8) is 0 Å². The van der Waals surface area contributed by atoms with Crippen molar-refractivity contribution >= 4 is 35.5 Å². The van der Waals surface area contributed by atoms with Crippen LogP contribution >= 0.6 is 0 Å². The second-order valence-electron chi connectivity index (χ2n) is 19.9. The van der Waals surface area contributed by atoms with E-state index in [9.17, 15) is 24.0 Å². The Bertz CT molecular complexity index is 1930. The van der Waals surface area contributed by atoms with E-state index in [1.54, 1.807) is 59.2 Å². The van der Waals surface area contributed by atoms with Gasteiger partial charge in [-0.1, -0.05) is 85.2 Å². The Morgan fingerprint density at radius 1 is 0.955 bits per heavy atom. The third kappa shape index (κ3) is 13.5. The lowest BCUT2D eigenvalue weighted by Gasteiger charge is -2.47. The van der Waals surface area contributed by atoms with Crippen LogP contribution in [0.2, 0.25) is 0 Å². The van der Waals surface area contributed by atoms with Crippen LogP contribution in [0.4, 0.5) is 10.6 Å². The van der Waals surface area contributed by atoms with E-state index in [-0.39, 0.29) is 66.0 Å². The molecule has 368 valence electrons. The first-order valence-electron chi connectivity index (χ1n) is 23.7. The van der Waals surface area contributed by atoms with Crippen LogP contribution in [-0.4, -0.2) is 137 Å². The summed E-state index contributed by atoms with van der Waals surface area (Å²) in [5.74, 6) is -1.62. The minimum absolute atomic E-state index is 0.00630. The fourth-order valence-electron chi connectivity index (χ4n) is 9.52. The van der Waals surface area contributed by atoms with Crippen molar-refractivity contribution < 1.29 is 43.0 Å². The Kier molecular flexibility index (Phi) is 19.5. The van der Waals surface area contributed by atoms with Crippen molar-refractivity contribution in [2.24, 2.45) is 23.7 Å². The Morgan fingerprint density at radius 3 is 2.18 bits per heavy atom. The van der Waals surface area contributed by atoms with Crippen LogP contribution in [0.5, 0.6) is 0 Å². The molecule has 2 aliphatic heterocycles. The summed E-state index contributed by atoms with van der Waals surface area (Å²) in [5.41, 5.74) is 1.15. The van der Waals surface area contributed by atoms with E-state index in [1.807, 2.05) is 109 Å². The van der Waals surface area contributed by atoms with Gasteiger partial charge < -0.3 is 29.3 Å². The molecule has 16 nitrogen and oxygen atoms in total. The SMILES string of the molecule is CC[C@H](C)[C@@H]([C@@H](CC(=O)N1CCC[C@H]1[C@H](OC)[C@@H](C)C(=O)N1O[C@@H](c2ccccc2)[C@H]1C)OC)N(C)C(=O)[C@@H](NC(=O)[C@H](C(C)C)N(C)Cc1ccnc(NC(=O)OC(C)(C)C)c1)C(C)C. The molecule has 4 rings (SSSR count). The van der Waals surface area contributed by atoms with Crippen molar-refractivity contribution in [2.45, 2.75) is 163 Å². The Balaban J connectivity index is 1.45. The van der Waals surface area contributed by atoms with Crippen LogP contribution in [0.1, 0.15) is 119 Å². The number of hydroxylamine groups is 2. The number of benzene rings is 1. The number of pyridine rings is 1. The predicted molar refractivity (Wildman–Crippen MR) is 254 cm³/mol. The second-order valence-corrected chi connectivity index (χ2v) is 19.9. The van der Waals surface area contributed by atoms with Gasteiger partial charge in [0.15, 0.2) is 0 Å². The molecule has 3 heterocycles. The molecular formula is C50H79N7O9. The number of anilines is 1. The minimum Gasteiger partial charge on any atom is -0.444 e. The first kappa shape index (κ1) is 54.0. The molecule has 0 bridgehead atoms. The van der Waals surface area contributed by atoms with Gasteiger partial charge in [0.05, 0.1) is 48.7 Å². The van der Waals surface area contributed by atoms with Gasteiger partial charge in [-0.15, -0.1) is 0 Å². The van der Waals surface area contributed by atoms with Gasteiger partial charge in [0.1, 0.15) is 23.6 Å². The third-order valence-electron chi connectivity index (χ3n) is 13.1. The van der Waals surface area contributed by atoms with Gasteiger partial charge in [-0.2, -0.15) is 0 Å². The van der Waals surface area contributed by atoms with Gasteiger partial charge in [-0.25, -0.2) is 14.8 Å². The monoisotopic (exact) mass is 922 g/mol. The Morgan fingerprint density at radius 2 is 1.62 bits per heavy atom. The van der Waals surface area contributed by atoms with E-state index in [0.29, 0.717) is 31.7 Å². The van der Waals surface area contributed by atoms with E-state index in [0.717, 1.165) is 17.5 Å². The van der Waals surface area contributed by atoms with Crippen LogP contribution in [-0.2, 0) is 44.8 Å². The summed E-state index contributed by atoms with van der Waals surface area (Å²) in [6.07, 6.45) is 1.66. The van der Waals surface area contributed by atoms with Crippen molar-refractivity contribution in [1.29, 1.82) is 0 Å². The Labute approximate surface area is 393 Å². The maximum absolute atomic E-state index is 14.7. The van der Waals surface area contributed by atoms with E-state index in [2.05, 4.69) is 15.6 Å². The first-order valence-corrected chi connectivity index (χ1v) is 23.7. The zero-order chi connectivity index (χ0) is 49.2. The molecule has 2 N–H and O–H groups in total. The number of rotatable bonds is 21. The van der Waals surface area contributed by atoms with Crippen molar-refractivity contribution in [3.8, 4) is 0 Å². The first-order chi connectivity index (χ1) is 31.0. The van der Waals surface area contributed by atoms with E-state index < -0.39 is 47.9 Å². The number of ether oxygens (including phenoxy) is 3. The highest BCUT2D eigenvalue weighted by atomic mass is 16.7. The zero-order valence-corrected chi connectivity index (χ0v) is 42.2. The number of carbonyl (C=O) groups is 5. The minimum atomic E-state index is -0.868. The molecule has 2 saturated heterocycles. The lowest BCUT2D eigenvalue weighted by atomic mass is 9.89. The molecule has 0 spiro atoms. The van der Waals surface area contributed by atoms with Crippen LogP contribution in [0, 0.1) is 23.7 Å². The number of likely N-dealkylation sites (tertiary alicyclic amines) is 1. The third-order valence-corrected chi connectivity index (χ3v) is 13.1. The number of likely N-dealkylation sites (N-methyl/N-ethyl adjacent to an activating group) is 2. The molecule has 0 aliphatic carbocycles. The van der Waals surface area contributed by atoms with Crippen molar-refractivity contribution in [1.82, 2.24) is 30.1 Å². The molecular weight excluding hydrogens is 843 g/mol. The highest BCUT2D eigenvalue weighted by Gasteiger charge is 2.48. The van der Waals surface area contributed by atoms with E-state index in [1.165, 1.54) is 5.06 Å². The molecule has 0 saturated carbocycles. The number of carbonyl (C=O) groups excluding carboxylic acids is 5. The molecule has 10 atom stereocenters. The lowest BCUT2D eigenvalue weighted by Crippen LogP contribution is -2.60. The zero-order valence-electron chi connectivity index (χ0n) is 42.2. The topological polar surface area (TPSA) is 172 Å². The Hall–Kier alpha value is -4.64. The highest BCUT2D eigenvalue weighted by Crippen LogP contribution is 2.38. The lowest BCUT2D eigenvalue weighted by molar-refractivity contribution is -0.319. The van der Waals surface area contributed by atoms with Crippen molar-refractivity contribution in [2.75, 3.05) is 40.2 Å². The van der Waals surface area contributed by atoms with Gasteiger partial charge in [-0.05, 0) is 88.6 Å². The molecule has 2 aliphatic rings. The number of aromatic nitrogens is 1. The molecule has 66 heavy (non-hydrogen) atoms. The van der Waals surface area contributed by atoms with Crippen molar-refractivity contribution in [3.05, 3.63) is 59.8 Å². The van der Waals surface area contributed by atoms with Crippen LogP contribution in [0.3, 0.4) is 0 Å². The normalized spacial score (nSPS) is 20.8. The number of hydrogen-bond donors (Lipinski definition) is 2. The smallest absolute Gasteiger partial charge is 0.413 e. The average molecular weight is 922 g/mol. The molecule has 0 radical (unpaired) electrons. The van der Waals surface area contributed by atoms with Crippen LogP contribution < -0.4 is 10.6 Å². The van der Waals surface area contributed by atoms with Gasteiger partial charge in [0.25, 0.3) is 5.91 Å². The number of hydrogen-bond acceptors (Lipinski definition) is 11. The molecule has 1 aromatic carbocycles. The fraction of sp³-hybridized carbons (Fsp3) is 0.680. The maximum Gasteiger partial charge on any atom is 0.413 e. The summed E-state index contributed by atoms with van der Waals surface area (Å²) in [4.78, 5) is 85.3. The van der Waals surface area contributed by atoms with Gasteiger partial charge >= 0.3 is 6.09 Å². The number of nitrogens with one attached hydrogen (secondary N) is 2. The highest BCUT2D eigenvalue weighted by molar-refractivity contribution is 5.90.